The maximum absolute atomic E-state index is 5.72. The Bertz CT molecular complexity index is 431. The lowest BCUT2D eigenvalue weighted by Gasteiger charge is -2.26. The molecule has 0 aromatic heterocycles. The van der Waals surface area contributed by atoms with Crippen molar-refractivity contribution in [3.63, 3.8) is 0 Å². The first-order valence-electron chi connectivity index (χ1n) is 6.53. The molecule has 0 saturated heterocycles. The van der Waals surface area contributed by atoms with E-state index in [2.05, 4.69) is 31.0 Å². The van der Waals surface area contributed by atoms with Crippen molar-refractivity contribution in [1.82, 2.24) is 5.32 Å². The van der Waals surface area contributed by atoms with Gasteiger partial charge in [-0.15, -0.1) is 0 Å². The summed E-state index contributed by atoms with van der Waals surface area (Å²) < 4.78 is 5.60. The number of nitrogens with one attached hydrogen (secondary N) is 1. The smallest absolute Gasteiger partial charge is 0.123 e. The van der Waals surface area contributed by atoms with Gasteiger partial charge < -0.3 is 10.1 Å². The van der Waals surface area contributed by atoms with Crippen LogP contribution in [0.4, 0.5) is 0 Å². The summed E-state index contributed by atoms with van der Waals surface area (Å²) in [6.45, 7) is 7.14. The summed E-state index contributed by atoms with van der Waals surface area (Å²) in [7, 11) is 0. The van der Waals surface area contributed by atoms with Crippen molar-refractivity contribution < 1.29 is 4.74 Å². The first-order chi connectivity index (χ1) is 8.70. The number of fused-ring (bicyclic) bond motifs is 1. The SMILES string of the molecule is C=C(Cl)COc1ccc2c(c1)C(NCC)CCC2. The topological polar surface area (TPSA) is 21.3 Å². The van der Waals surface area contributed by atoms with Gasteiger partial charge >= 0.3 is 0 Å². The average molecular weight is 266 g/mol. The van der Waals surface area contributed by atoms with Gasteiger partial charge in [-0.3, -0.25) is 0 Å². The molecular formula is C15H20ClNO. The standard InChI is InChI=1S/C15H20ClNO/c1-3-17-15-6-4-5-12-7-8-13(9-14(12)15)18-10-11(2)16/h7-9,15,17H,2-6,10H2,1H3. The van der Waals surface area contributed by atoms with Gasteiger partial charge in [0.05, 0.1) is 0 Å². The fourth-order valence-electron chi connectivity index (χ4n) is 2.49. The van der Waals surface area contributed by atoms with Gasteiger partial charge in [-0.25, -0.2) is 0 Å². The zero-order chi connectivity index (χ0) is 13.0. The van der Waals surface area contributed by atoms with Crippen molar-refractivity contribution in [2.24, 2.45) is 0 Å². The van der Waals surface area contributed by atoms with E-state index in [1.54, 1.807) is 0 Å². The first kappa shape index (κ1) is 13.4. The fraction of sp³-hybridized carbons (Fsp3) is 0.467. The number of aryl methyl sites for hydroxylation is 1. The number of hydrogen-bond donors (Lipinski definition) is 1. The minimum Gasteiger partial charge on any atom is -0.488 e. The molecule has 0 spiro atoms. The predicted octanol–water partition coefficient (Wildman–Crippen LogP) is 3.80. The van der Waals surface area contributed by atoms with E-state index in [0.717, 1.165) is 12.3 Å². The van der Waals surface area contributed by atoms with Crippen molar-refractivity contribution in [3.8, 4) is 5.75 Å². The molecule has 3 heteroatoms. The zero-order valence-corrected chi connectivity index (χ0v) is 11.6. The molecule has 1 aliphatic carbocycles. The number of ether oxygens (including phenoxy) is 1. The van der Waals surface area contributed by atoms with Crippen molar-refractivity contribution in [1.29, 1.82) is 0 Å². The summed E-state index contributed by atoms with van der Waals surface area (Å²) in [6, 6.07) is 6.79. The second-order valence-corrected chi connectivity index (χ2v) is 5.20. The highest BCUT2D eigenvalue weighted by molar-refractivity contribution is 6.29. The van der Waals surface area contributed by atoms with Gasteiger partial charge in [-0.05, 0) is 49.1 Å². The van der Waals surface area contributed by atoms with Crippen LogP contribution in [0, 0.1) is 0 Å². The molecule has 18 heavy (non-hydrogen) atoms. The summed E-state index contributed by atoms with van der Waals surface area (Å²) in [6.07, 6.45) is 3.62. The summed E-state index contributed by atoms with van der Waals surface area (Å²) in [5.41, 5.74) is 2.81. The third kappa shape index (κ3) is 3.27. The largest absolute Gasteiger partial charge is 0.488 e. The van der Waals surface area contributed by atoms with Crippen LogP contribution in [0.3, 0.4) is 0 Å². The molecule has 1 N–H and O–H groups in total. The van der Waals surface area contributed by atoms with Crippen LogP contribution < -0.4 is 10.1 Å². The van der Waals surface area contributed by atoms with Crippen molar-refractivity contribution >= 4 is 11.6 Å². The van der Waals surface area contributed by atoms with Gasteiger partial charge in [0.2, 0.25) is 0 Å². The minimum atomic E-state index is 0.367. The predicted molar refractivity (Wildman–Crippen MR) is 76.3 cm³/mol. The lowest BCUT2D eigenvalue weighted by Crippen LogP contribution is -2.24. The molecule has 2 rings (SSSR count). The second-order valence-electron chi connectivity index (χ2n) is 4.67. The van der Waals surface area contributed by atoms with Crippen molar-refractivity contribution in [3.05, 3.63) is 40.9 Å². The Labute approximate surface area is 114 Å². The first-order valence-corrected chi connectivity index (χ1v) is 6.90. The average Bonchev–Trinajstić information content (AvgIpc) is 2.37. The Hall–Kier alpha value is -0.990. The Morgan fingerprint density at radius 3 is 3.11 bits per heavy atom. The molecule has 1 aromatic rings. The van der Waals surface area contributed by atoms with Crippen LogP contribution in [-0.2, 0) is 6.42 Å². The Morgan fingerprint density at radius 2 is 2.39 bits per heavy atom. The molecule has 0 saturated carbocycles. The molecule has 1 aliphatic rings. The van der Waals surface area contributed by atoms with E-state index in [4.69, 9.17) is 16.3 Å². The molecular weight excluding hydrogens is 246 g/mol. The molecule has 0 aliphatic heterocycles. The van der Waals surface area contributed by atoms with Crippen LogP contribution in [0.2, 0.25) is 0 Å². The Kier molecular flexibility index (Phi) is 4.67. The number of halogens is 1. The van der Waals surface area contributed by atoms with Crippen LogP contribution in [0.15, 0.2) is 29.8 Å². The maximum Gasteiger partial charge on any atom is 0.123 e. The van der Waals surface area contributed by atoms with E-state index >= 15 is 0 Å². The maximum atomic E-state index is 5.72. The third-order valence-electron chi connectivity index (χ3n) is 3.28. The minimum absolute atomic E-state index is 0.367. The molecule has 1 unspecified atom stereocenters. The van der Waals surface area contributed by atoms with Crippen LogP contribution in [-0.4, -0.2) is 13.2 Å². The van der Waals surface area contributed by atoms with Gasteiger partial charge in [-0.2, -0.15) is 0 Å². The molecule has 98 valence electrons. The van der Waals surface area contributed by atoms with Gasteiger partial charge in [0.1, 0.15) is 12.4 Å². The quantitative estimate of drug-likeness (QED) is 0.874. The van der Waals surface area contributed by atoms with Gasteiger partial charge in [-0.1, -0.05) is 31.2 Å². The van der Waals surface area contributed by atoms with E-state index in [1.807, 2.05) is 6.07 Å². The summed E-state index contributed by atoms with van der Waals surface area (Å²) in [5, 5.41) is 4.06. The lowest BCUT2D eigenvalue weighted by molar-refractivity contribution is 0.357. The molecule has 0 heterocycles. The molecule has 1 atom stereocenters. The van der Waals surface area contributed by atoms with E-state index in [-0.39, 0.29) is 0 Å². The van der Waals surface area contributed by atoms with E-state index in [0.29, 0.717) is 17.7 Å². The number of rotatable bonds is 5. The van der Waals surface area contributed by atoms with Crippen LogP contribution in [0.5, 0.6) is 5.75 Å². The van der Waals surface area contributed by atoms with Crippen molar-refractivity contribution in [2.45, 2.75) is 32.2 Å². The normalized spacial score (nSPS) is 18.2. The van der Waals surface area contributed by atoms with Gasteiger partial charge in [0, 0.05) is 11.1 Å². The molecule has 0 bridgehead atoms. The van der Waals surface area contributed by atoms with E-state index < -0.39 is 0 Å². The molecule has 1 aromatic carbocycles. The van der Waals surface area contributed by atoms with E-state index in [1.165, 1.54) is 30.4 Å². The second kappa shape index (κ2) is 6.26. The fourth-order valence-corrected chi connectivity index (χ4v) is 2.54. The Balaban J connectivity index is 2.16. The molecule has 2 nitrogen and oxygen atoms in total. The highest BCUT2D eigenvalue weighted by Gasteiger charge is 2.19. The summed E-state index contributed by atoms with van der Waals surface area (Å²) >= 11 is 5.72. The Morgan fingerprint density at radius 1 is 1.56 bits per heavy atom. The molecule has 0 fully saturated rings. The summed E-state index contributed by atoms with van der Waals surface area (Å²) in [5.74, 6) is 0.875. The van der Waals surface area contributed by atoms with Crippen molar-refractivity contribution in [2.75, 3.05) is 13.2 Å². The third-order valence-corrected chi connectivity index (χ3v) is 3.39. The lowest BCUT2D eigenvalue weighted by atomic mass is 9.87. The van der Waals surface area contributed by atoms with Crippen LogP contribution in [0.25, 0.3) is 0 Å². The number of benzene rings is 1. The monoisotopic (exact) mass is 265 g/mol. The highest BCUT2D eigenvalue weighted by Crippen LogP contribution is 2.32. The summed E-state index contributed by atoms with van der Waals surface area (Å²) in [4.78, 5) is 0. The van der Waals surface area contributed by atoms with Crippen LogP contribution >= 0.6 is 11.6 Å². The van der Waals surface area contributed by atoms with E-state index in [9.17, 15) is 0 Å². The van der Waals surface area contributed by atoms with Gasteiger partial charge in [0.25, 0.3) is 0 Å². The molecule has 0 radical (unpaired) electrons. The molecule has 0 amide bonds. The number of hydrogen-bond acceptors (Lipinski definition) is 2. The highest BCUT2D eigenvalue weighted by atomic mass is 35.5. The van der Waals surface area contributed by atoms with Crippen LogP contribution in [0.1, 0.15) is 36.9 Å². The van der Waals surface area contributed by atoms with Gasteiger partial charge in [0.15, 0.2) is 0 Å². The zero-order valence-electron chi connectivity index (χ0n) is 10.8.